The average Bonchev–Trinajstić information content (AvgIpc) is 2.05. The van der Waals surface area contributed by atoms with Crippen LogP contribution in [0.15, 0.2) is 12.2 Å². The average molecular weight is 185 g/mol. The number of nitrogens with one attached hydrogen (secondary N) is 1. The van der Waals surface area contributed by atoms with Crippen molar-refractivity contribution in [2.45, 2.75) is 53.0 Å². The van der Waals surface area contributed by atoms with Gasteiger partial charge in [-0.2, -0.15) is 0 Å². The summed E-state index contributed by atoms with van der Waals surface area (Å²) in [7, 11) is 0. The van der Waals surface area contributed by atoms with Crippen LogP contribution >= 0.6 is 0 Å². The molecule has 0 amide bonds. The van der Waals surface area contributed by atoms with E-state index in [1.54, 1.807) is 0 Å². The van der Waals surface area contributed by atoms with Crippen LogP contribution in [0.2, 0.25) is 0 Å². The van der Waals surface area contributed by atoms with Crippen LogP contribution in [0, 0.1) is 5.41 Å². The third-order valence-electron chi connectivity index (χ3n) is 2.97. The van der Waals surface area contributed by atoms with Crippen LogP contribution in [-0.4, -0.2) is 11.2 Å². The van der Waals surface area contributed by atoms with Crippen LogP contribution in [0.4, 0.5) is 0 Å². The van der Waals surface area contributed by atoms with Crippen molar-refractivity contribution < 1.29 is 5.21 Å². The van der Waals surface area contributed by atoms with E-state index < -0.39 is 0 Å². The summed E-state index contributed by atoms with van der Waals surface area (Å²) in [5.41, 5.74) is 3.47. The summed E-state index contributed by atoms with van der Waals surface area (Å²) in [5.74, 6) is 0. The van der Waals surface area contributed by atoms with E-state index in [0.29, 0.717) is 0 Å². The second-order valence-electron chi connectivity index (χ2n) is 4.33. The van der Waals surface area contributed by atoms with Gasteiger partial charge in [0.25, 0.3) is 0 Å². The molecule has 0 aliphatic rings. The molecule has 13 heavy (non-hydrogen) atoms. The van der Waals surface area contributed by atoms with Crippen molar-refractivity contribution in [2.24, 2.45) is 5.41 Å². The van der Waals surface area contributed by atoms with Crippen LogP contribution in [0.5, 0.6) is 0 Å². The fraction of sp³-hybridized carbons (Fsp3) is 0.818. The molecule has 0 fully saturated rings. The first kappa shape index (κ1) is 12.7. The molecule has 1 unspecified atom stereocenters. The third kappa shape index (κ3) is 3.49. The van der Waals surface area contributed by atoms with Crippen molar-refractivity contribution in [2.75, 3.05) is 0 Å². The Kier molecular flexibility index (Phi) is 5.26. The van der Waals surface area contributed by atoms with Crippen molar-refractivity contribution in [1.29, 1.82) is 0 Å². The maximum Gasteiger partial charge on any atom is 0.0407 e. The second-order valence-corrected chi connectivity index (χ2v) is 4.33. The number of unbranched alkanes of at least 4 members (excludes halogenated alkanes) is 1. The highest BCUT2D eigenvalue weighted by molar-refractivity contribution is 5.07. The van der Waals surface area contributed by atoms with E-state index in [9.17, 15) is 0 Å². The smallest absolute Gasteiger partial charge is 0.0407 e. The molecule has 1 atom stereocenters. The zero-order valence-electron chi connectivity index (χ0n) is 9.35. The first-order chi connectivity index (χ1) is 5.96. The van der Waals surface area contributed by atoms with E-state index in [0.717, 1.165) is 24.8 Å². The predicted molar refractivity (Wildman–Crippen MR) is 56.8 cm³/mol. The van der Waals surface area contributed by atoms with E-state index in [4.69, 9.17) is 5.21 Å². The largest absolute Gasteiger partial charge is 0.317 e. The van der Waals surface area contributed by atoms with Gasteiger partial charge in [0, 0.05) is 11.5 Å². The van der Waals surface area contributed by atoms with Crippen molar-refractivity contribution in [3.05, 3.63) is 12.2 Å². The van der Waals surface area contributed by atoms with Gasteiger partial charge in [-0.15, -0.1) is 0 Å². The van der Waals surface area contributed by atoms with E-state index in [1.807, 2.05) is 6.92 Å². The molecule has 2 heteroatoms. The zero-order chi connectivity index (χ0) is 10.5. The van der Waals surface area contributed by atoms with Gasteiger partial charge in [0.2, 0.25) is 0 Å². The molecule has 2 nitrogen and oxygen atoms in total. The molecular weight excluding hydrogens is 162 g/mol. The summed E-state index contributed by atoms with van der Waals surface area (Å²) < 4.78 is 0. The standard InChI is InChI=1S/C11H23NO/c1-6-7-8-10(12-13)11(4,5)9(2)3/h10,12-13H,2,6-8H2,1,3-5H3. The van der Waals surface area contributed by atoms with Gasteiger partial charge in [0.05, 0.1) is 0 Å². The molecular formula is C11H23NO. The lowest BCUT2D eigenvalue weighted by atomic mass is 9.77. The molecule has 0 radical (unpaired) electrons. The van der Waals surface area contributed by atoms with Crippen molar-refractivity contribution in [3.63, 3.8) is 0 Å². The first-order valence-electron chi connectivity index (χ1n) is 5.02. The monoisotopic (exact) mass is 185 g/mol. The van der Waals surface area contributed by atoms with Gasteiger partial charge in [-0.1, -0.05) is 45.8 Å². The maximum atomic E-state index is 9.05. The fourth-order valence-electron chi connectivity index (χ4n) is 1.29. The Balaban J connectivity index is 4.28. The normalized spacial score (nSPS) is 14.2. The number of hydrogen-bond acceptors (Lipinski definition) is 2. The van der Waals surface area contributed by atoms with Gasteiger partial charge in [-0.05, 0) is 13.3 Å². The molecule has 0 aromatic rings. The molecule has 0 bridgehead atoms. The maximum absolute atomic E-state index is 9.05. The lowest BCUT2D eigenvalue weighted by Crippen LogP contribution is -2.40. The Morgan fingerprint density at radius 2 is 2.08 bits per heavy atom. The number of rotatable bonds is 6. The van der Waals surface area contributed by atoms with Gasteiger partial charge in [0.15, 0.2) is 0 Å². The Labute approximate surface area is 82.0 Å². The predicted octanol–water partition coefficient (Wildman–Crippen LogP) is 3.13. The van der Waals surface area contributed by atoms with Crippen LogP contribution in [0.3, 0.4) is 0 Å². The third-order valence-corrected chi connectivity index (χ3v) is 2.97. The van der Waals surface area contributed by atoms with Crippen LogP contribution < -0.4 is 5.48 Å². The molecule has 0 saturated heterocycles. The fourth-order valence-corrected chi connectivity index (χ4v) is 1.29. The van der Waals surface area contributed by atoms with E-state index >= 15 is 0 Å². The molecule has 0 aromatic heterocycles. The summed E-state index contributed by atoms with van der Waals surface area (Å²) in [6.45, 7) is 12.3. The minimum Gasteiger partial charge on any atom is -0.317 e. The lowest BCUT2D eigenvalue weighted by molar-refractivity contribution is 0.0729. The summed E-state index contributed by atoms with van der Waals surface area (Å²) in [6, 6.07) is 0.116. The Morgan fingerprint density at radius 3 is 2.38 bits per heavy atom. The lowest BCUT2D eigenvalue weighted by Gasteiger charge is -2.34. The van der Waals surface area contributed by atoms with Crippen molar-refractivity contribution >= 4 is 0 Å². The van der Waals surface area contributed by atoms with E-state index in [2.05, 4.69) is 32.8 Å². The van der Waals surface area contributed by atoms with Crippen LogP contribution in [-0.2, 0) is 0 Å². The van der Waals surface area contributed by atoms with Crippen molar-refractivity contribution in [1.82, 2.24) is 5.48 Å². The van der Waals surface area contributed by atoms with E-state index in [1.165, 1.54) is 0 Å². The molecule has 0 aliphatic carbocycles. The SMILES string of the molecule is C=C(C)C(C)(C)C(CCCC)NO. The van der Waals surface area contributed by atoms with Gasteiger partial charge in [-0.25, -0.2) is 5.48 Å². The highest BCUT2D eigenvalue weighted by Gasteiger charge is 2.29. The molecule has 78 valence electrons. The quantitative estimate of drug-likeness (QED) is 0.492. The molecule has 0 rings (SSSR count). The molecule has 0 saturated carbocycles. The minimum atomic E-state index is -0.0378. The minimum absolute atomic E-state index is 0.0378. The first-order valence-corrected chi connectivity index (χ1v) is 5.02. The Morgan fingerprint density at radius 1 is 1.54 bits per heavy atom. The van der Waals surface area contributed by atoms with Gasteiger partial charge in [0.1, 0.15) is 0 Å². The number of hydrogen-bond donors (Lipinski definition) is 2. The highest BCUT2D eigenvalue weighted by Crippen LogP contribution is 2.31. The molecule has 0 aliphatic heterocycles. The summed E-state index contributed by atoms with van der Waals surface area (Å²) in [4.78, 5) is 0. The summed E-state index contributed by atoms with van der Waals surface area (Å²) in [5, 5.41) is 9.05. The molecule has 0 spiro atoms. The van der Waals surface area contributed by atoms with Crippen molar-refractivity contribution in [3.8, 4) is 0 Å². The zero-order valence-corrected chi connectivity index (χ0v) is 9.35. The second kappa shape index (κ2) is 5.40. The summed E-state index contributed by atoms with van der Waals surface area (Å²) >= 11 is 0. The molecule has 0 aromatic carbocycles. The summed E-state index contributed by atoms with van der Waals surface area (Å²) in [6.07, 6.45) is 3.28. The van der Waals surface area contributed by atoms with Crippen LogP contribution in [0.1, 0.15) is 47.0 Å². The van der Waals surface area contributed by atoms with Gasteiger partial charge in [-0.3, -0.25) is 0 Å². The number of hydroxylamine groups is 1. The molecule has 0 heterocycles. The van der Waals surface area contributed by atoms with E-state index in [-0.39, 0.29) is 11.5 Å². The Bertz CT molecular complexity index is 163. The van der Waals surface area contributed by atoms with Gasteiger partial charge >= 0.3 is 0 Å². The molecule has 2 N–H and O–H groups in total. The topological polar surface area (TPSA) is 32.3 Å². The van der Waals surface area contributed by atoms with Crippen LogP contribution in [0.25, 0.3) is 0 Å². The van der Waals surface area contributed by atoms with Gasteiger partial charge < -0.3 is 5.21 Å². The highest BCUT2D eigenvalue weighted by atomic mass is 16.5. The Hall–Kier alpha value is -0.340.